The fourth-order valence-corrected chi connectivity index (χ4v) is 3.22. The van der Waals surface area contributed by atoms with Gasteiger partial charge < -0.3 is 9.15 Å². The standard InChI is InChI=1S/C17H16Cl2O4/c1-9-4-12-11(6-14(20)23-13(12)5-10(9)2)7-22-15(21)16(3)8-17(16,18)19/h4-6H,7-8H2,1-3H3/t16-/m0/s1. The van der Waals surface area contributed by atoms with Crippen LogP contribution in [0.2, 0.25) is 0 Å². The van der Waals surface area contributed by atoms with Gasteiger partial charge in [-0.15, -0.1) is 23.2 Å². The van der Waals surface area contributed by atoms with Crippen LogP contribution in [0.25, 0.3) is 11.0 Å². The molecule has 1 aliphatic rings. The summed E-state index contributed by atoms with van der Waals surface area (Å²) in [6, 6.07) is 5.07. The fraction of sp³-hybridized carbons (Fsp3) is 0.412. The fourth-order valence-electron chi connectivity index (χ4n) is 2.53. The van der Waals surface area contributed by atoms with E-state index in [1.807, 2.05) is 26.0 Å². The van der Waals surface area contributed by atoms with Crippen LogP contribution >= 0.6 is 23.2 Å². The van der Waals surface area contributed by atoms with Crippen molar-refractivity contribution < 1.29 is 13.9 Å². The lowest BCUT2D eigenvalue weighted by atomic mass is 10.0. The van der Waals surface area contributed by atoms with Gasteiger partial charge in [0.2, 0.25) is 0 Å². The molecule has 122 valence electrons. The summed E-state index contributed by atoms with van der Waals surface area (Å²) >= 11 is 12.0. The third kappa shape index (κ3) is 2.74. The number of aryl methyl sites for hydroxylation is 2. The maximum absolute atomic E-state index is 12.2. The Hall–Kier alpha value is -1.52. The predicted molar refractivity (Wildman–Crippen MR) is 88.9 cm³/mol. The van der Waals surface area contributed by atoms with Gasteiger partial charge in [-0.1, -0.05) is 0 Å². The molecular formula is C17H16Cl2O4. The summed E-state index contributed by atoms with van der Waals surface area (Å²) in [6.07, 6.45) is 0.359. The SMILES string of the molecule is Cc1cc2oc(=O)cc(COC(=O)[C@]3(C)CC3(Cl)Cl)c2cc1C. The van der Waals surface area contributed by atoms with Gasteiger partial charge in [0.05, 0.1) is 0 Å². The molecular weight excluding hydrogens is 339 g/mol. The number of benzene rings is 1. The second-order valence-corrected chi connectivity index (χ2v) is 7.80. The van der Waals surface area contributed by atoms with Crippen LogP contribution in [-0.2, 0) is 16.1 Å². The van der Waals surface area contributed by atoms with E-state index >= 15 is 0 Å². The molecule has 1 aromatic heterocycles. The average Bonchev–Trinajstić information content (AvgIpc) is 2.98. The van der Waals surface area contributed by atoms with Crippen LogP contribution in [-0.4, -0.2) is 10.3 Å². The summed E-state index contributed by atoms with van der Waals surface area (Å²) in [4.78, 5) is 23.9. The van der Waals surface area contributed by atoms with E-state index in [1.54, 1.807) is 6.92 Å². The van der Waals surface area contributed by atoms with Crippen LogP contribution in [0.5, 0.6) is 0 Å². The molecule has 3 rings (SSSR count). The zero-order chi connectivity index (χ0) is 17.0. The number of hydrogen-bond acceptors (Lipinski definition) is 4. The van der Waals surface area contributed by atoms with Gasteiger partial charge in [-0.2, -0.15) is 0 Å². The lowest BCUT2D eigenvalue weighted by molar-refractivity contribution is -0.150. The highest BCUT2D eigenvalue weighted by molar-refractivity contribution is 6.53. The van der Waals surface area contributed by atoms with Crippen molar-refractivity contribution in [1.82, 2.24) is 0 Å². The highest BCUT2D eigenvalue weighted by atomic mass is 35.5. The molecule has 1 atom stereocenters. The summed E-state index contributed by atoms with van der Waals surface area (Å²) in [7, 11) is 0. The third-order valence-electron chi connectivity index (χ3n) is 4.51. The first-order chi connectivity index (χ1) is 10.6. The molecule has 0 N–H and O–H groups in total. The molecule has 4 nitrogen and oxygen atoms in total. The molecule has 0 spiro atoms. The zero-order valence-corrected chi connectivity index (χ0v) is 14.5. The normalized spacial score (nSPS) is 22.1. The highest BCUT2D eigenvalue weighted by Gasteiger charge is 2.69. The molecule has 0 radical (unpaired) electrons. The first kappa shape index (κ1) is 16.3. The van der Waals surface area contributed by atoms with E-state index < -0.39 is 21.3 Å². The van der Waals surface area contributed by atoms with E-state index in [0.29, 0.717) is 17.6 Å². The van der Waals surface area contributed by atoms with Crippen molar-refractivity contribution in [2.24, 2.45) is 5.41 Å². The molecule has 0 unspecified atom stereocenters. The first-order valence-corrected chi connectivity index (χ1v) is 7.99. The minimum atomic E-state index is -1.07. The van der Waals surface area contributed by atoms with E-state index in [9.17, 15) is 9.59 Å². The number of hydrogen-bond donors (Lipinski definition) is 0. The maximum Gasteiger partial charge on any atom is 0.336 e. The van der Waals surface area contributed by atoms with Crippen LogP contribution in [0.3, 0.4) is 0 Å². The van der Waals surface area contributed by atoms with Crippen LogP contribution in [0.4, 0.5) is 0 Å². The van der Waals surface area contributed by atoms with Crippen LogP contribution < -0.4 is 5.63 Å². The van der Waals surface area contributed by atoms with Crippen molar-refractivity contribution >= 4 is 40.1 Å². The quantitative estimate of drug-likeness (QED) is 0.474. The Balaban J connectivity index is 1.90. The van der Waals surface area contributed by atoms with Gasteiger partial charge in [0.25, 0.3) is 0 Å². The number of carbonyl (C=O) groups is 1. The Kier molecular flexibility index (Phi) is 3.73. The van der Waals surface area contributed by atoms with Crippen molar-refractivity contribution in [2.75, 3.05) is 0 Å². The number of rotatable bonds is 3. The minimum Gasteiger partial charge on any atom is -0.460 e. The molecule has 1 aromatic carbocycles. The van der Waals surface area contributed by atoms with Crippen LogP contribution in [0, 0.1) is 19.3 Å². The number of ether oxygens (including phenoxy) is 1. The Morgan fingerprint density at radius 3 is 2.48 bits per heavy atom. The van der Waals surface area contributed by atoms with Crippen LogP contribution in [0.1, 0.15) is 30.0 Å². The van der Waals surface area contributed by atoms with Crippen LogP contribution in [0.15, 0.2) is 27.4 Å². The number of alkyl halides is 2. The number of carbonyl (C=O) groups excluding carboxylic acids is 1. The van der Waals surface area contributed by atoms with Gasteiger partial charge in [-0.25, -0.2) is 4.79 Å². The third-order valence-corrected chi connectivity index (χ3v) is 5.61. The Morgan fingerprint density at radius 1 is 1.26 bits per heavy atom. The summed E-state index contributed by atoms with van der Waals surface area (Å²) in [5.41, 5.74) is 1.80. The molecule has 6 heteroatoms. The second-order valence-electron chi connectivity index (χ2n) is 6.31. The van der Waals surface area contributed by atoms with Gasteiger partial charge in [0.1, 0.15) is 21.9 Å². The highest BCUT2D eigenvalue weighted by Crippen LogP contribution is 2.64. The van der Waals surface area contributed by atoms with Gasteiger partial charge >= 0.3 is 11.6 Å². The maximum atomic E-state index is 12.2. The molecule has 1 heterocycles. The largest absolute Gasteiger partial charge is 0.460 e. The van der Waals surface area contributed by atoms with Crippen molar-refractivity contribution in [3.05, 3.63) is 45.3 Å². The molecule has 23 heavy (non-hydrogen) atoms. The Morgan fingerprint density at radius 2 is 1.87 bits per heavy atom. The van der Waals surface area contributed by atoms with E-state index in [1.165, 1.54) is 6.07 Å². The molecule has 1 fully saturated rings. The summed E-state index contributed by atoms with van der Waals surface area (Å²) < 4.78 is 9.48. The number of fused-ring (bicyclic) bond motifs is 1. The van der Waals surface area contributed by atoms with Crippen molar-refractivity contribution in [3.8, 4) is 0 Å². The van der Waals surface area contributed by atoms with E-state index in [4.69, 9.17) is 32.4 Å². The average molecular weight is 355 g/mol. The zero-order valence-electron chi connectivity index (χ0n) is 13.0. The summed E-state index contributed by atoms with van der Waals surface area (Å²) in [5.74, 6) is -0.465. The molecule has 1 saturated carbocycles. The monoisotopic (exact) mass is 354 g/mol. The van der Waals surface area contributed by atoms with E-state index in [0.717, 1.165) is 16.5 Å². The van der Waals surface area contributed by atoms with Crippen molar-refractivity contribution in [1.29, 1.82) is 0 Å². The van der Waals surface area contributed by atoms with Crippen molar-refractivity contribution in [2.45, 2.75) is 38.1 Å². The Bertz CT molecular complexity index is 869. The lowest BCUT2D eigenvalue weighted by Gasteiger charge is -2.13. The van der Waals surface area contributed by atoms with Gasteiger partial charge in [-0.05, 0) is 44.0 Å². The number of halogens is 2. The molecule has 0 aliphatic heterocycles. The van der Waals surface area contributed by atoms with Gasteiger partial charge in [0.15, 0.2) is 0 Å². The Labute approximate surface area is 143 Å². The minimum absolute atomic E-state index is 0.0249. The molecule has 2 aromatic rings. The number of esters is 1. The van der Waals surface area contributed by atoms with Crippen molar-refractivity contribution in [3.63, 3.8) is 0 Å². The lowest BCUT2D eigenvalue weighted by Crippen LogP contribution is -2.21. The first-order valence-electron chi connectivity index (χ1n) is 7.23. The molecule has 1 aliphatic carbocycles. The van der Waals surface area contributed by atoms with Gasteiger partial charge in [0, 0.05) is 23.4 Å². The topological polar surface area (TPSA) is 56.5 Å². The summed E-state index contributed by atoms with van der Waals surface area (Å²) in [6.45, 7) is 5.55. The molecule has 0 bridgehead atoms. The van der Waals surface area contributed by atoms with Gasteiger partial charge in [-0.3, -0.25) is 4.79 Å². The second kappa shape index (κ2) is 5.25. The molecule has 0 amide bonds. The van der Waals surface area contributed by atoms with E-state index in [2.05, 4.69) is 0 Å². The predicted octanol–water partition coefficient (Wildman–Crippen LogP) is 4.04. The molecule has 0 saturated heterocycles. The summed E-state index contributed by atoms with van der Waals surface area (Å²) in [5, 5.41) is 0.754. The smallest absolute Gasteiger partial charge is 0.336 e. The van der Waals surface area contributed by atoms with E-state index in [-0.39, 0.29) is 6.61 Å².